The molecule has 0 fully saturated rings. The minimum Gasteiger partial charge on any atom is -0.234 e. The molecule has 1 aromatic heterocycles. The molecule has 0 amide bonds. The predicted octanol–water partition coefficient (Wildman–Crippen LogP) is 6.88. The van der Waals surface area contributed by atoms with E-state index in [1.807, 2.05) is 12.1 Å². The normalized spacial score (nSPS) is 10.8. The third-order valence-electron chi connectivity index (χ3n) is 5.86. The van der Waals surface area contributed by atoms with Crippen LogP contribution in [-0.2, 0) is 7.05 Å². The van der Waals surface area contributed by atoms with Crippen LogP contribution >= 0.6 is 0 Å². The SMILES string of the molecule is Cc1ccccc1-c1c(-c2ccc(-c3ccccc3)cc2)nc(-c2ccccc2)c[n+]1C. The molecule has 0 saturated heterocycles. The van der Waals surface area contributed by atoms with Gasteiger partial charge < -0.3 is 0 Å². The van der Waals surface area contributed by atoms with Gasteiger partial charge in [0.15, 0.2) is 6.20 Å². The maximum Gasteiger partial charge on any atom is 0.239 e. The number of hydrogen-bond acceptors (Lipinski definition) is 1. The molecule has 0 atom stereocenters. The van der Waals surface area contributed by atoms with Crippen LogP contribution < -0.4 is 4.57 Å². The Labute approximate surface area is 189 Å². The van der Waals surface area contributed by atoms with Crippen LogP contribution in [0.25, 0.3) is 44.9 Å². The summed E-state index contributed by atoms with van der Waals surface area (Å²) >= 11 is 0. The van der Waals surface area contributed by atoms with Crippen molar-refractivity contribution in [1.29, 1.82) is 0 Å². The summed E-state index contributed by atoms with van der Waals surface area (Å²) < 4.78 is 2.21. The predicted molar refractivity (Wildman–Crippen MR) is 132 cm³/mol. The van der Waals surface area contributed by atoms with Crippen LogP contribution in [-0.4, -0.2) is 4.98 Å². The fourth-order valence-corrected chi connectivity index (χ4v) is 4.17. The molecule has 4 aromatic carbocycles. The minimum absolute atomic E-state index is 0.965. The highest BCUT2D eigenvalue weighted by Crippen LogP contribution is 2.32. The molecule has 0 aliphatic carbocycles. The van der Waals surface area contributed by atoms with E-state index in [4.69, 9.17) is 4.98 Å². The molecule has 5 rings (SSSR count). The lowest BCUT2D eigenvalue weighted by Crippen LogP contribution is -2.32. The van der Waals surface area contributed by atoms with E-state index >= 15 is 0 Å². The average Bonchev–Trinajstić information content (AvgIpc) is 2.85. The molecule has 0 bridgehead atoms. The van der Waals surface area contributed by atoms with Crippen LogP contribution in [0.1, 0.15) is 5.56 Å². The zero-order valence-corrected chi connectivity index (χ0v) is 18.4. The van der Waals surface area contributed by atoms with E-state index in [9.17, 15) is 0 Å². The second kappa shape index (κ2) is 8.60. The van der Waals surface area contributed by atoms with Gasteiger partial charge in [-0.05, 0) is 29.7 Å². The van der Waals surface area contributed by atoms with Gasteiger partial charge in [-0.3, -0.25) is 0 Å². The lowest BCUT2D eigenvalue weighted by molar-refractivity contribution is -0.659. The molecule has 0 radical (unpaired) electrons. The second-order valence-corrected chi connectivity index (χ2v) is 8.06. The van der Waals surface area contributed by atoms with Gasteiger partial charge >= 0.3 is 0 Å². The van der Waals surface area contributed by atoms with Gasteiger partial charge in [0, 0.05) is 11.1 Å². The van der Waals surface area contributed by atoms with Gasteiger partial charge in [-0.2, -0.15) is 4.57 Å². The maximum atomic E-state index is 5.17. The number of aromatic nitrogens is 2. The number of hydrogen-bond donors (Lipinski definition) is 0. The molecule has 5 aromatic rings. The van der Waals surface area contributed by atoms with Crippen molar-refractivity contribution in [3.63, 3.8) is 0 Å². The number of aryl methyl sites for hydroxylation is 2. The molecule has 1 heterocycles. The van der Waals surface area contributed by atoms with Gasteiger partial charge in [-0.15, -0.1) is 0 Å². The van der Waals surface area contributed by atoms with Crippen molar-refractivity contribution < 1.29 is 4.57 Å². The lowest BCUT2D eigenvalue weighted by Gasteiger charge is -2.12. The molecular formula is C30H25N2+. The van der Waals surface area contributed by atoms with Crippen LogP contribution in [0.5, 0.6) is 0 Å². The Kier molecular flexibility index (Phi) is 5.35. The Bertz CT molecular complexity index is 1360. The van der Waals surface area contributed by atoms with Crippen molar-refractivity contribution in [3.05, 3.63) is 121 Å². The number of rotatable bonds is 4. The van der Waals surface area contributed by atoms with Crippen LogP contribution in [0.3, 0.4) is 0 Å². The first-order chi connectivity index (χ1) is 15.7. The van der Waals surface area contributed by atoms with Gasteiger partial charge in [-0.25, -0.2) is 4.98 Å². The Hall–Kier alpha value is -4.04. The monoisotopic (exact) mass is 413 g/mol. The second-order valence-electron chi connectivity index (χ2n) is 8.06. The van der Waals surface area contributed by atoms with Crippen molar-refractivity contribution in [1.82, 2.24) is 4.98 Å². The van der Waals surface area contributed by atoms with Crippen LogP contribution in [0, 0.1) is 6.92 Å². The molecule has 32 heavy (non-hydrogen) atoms. The van der Waals surface area contributed by atoms with E-state index in [2.05, 4.69) is 122 Å². The van der Waals surface area contributed by atoms with E-state index in [0.29, 0.717) is 0 Å². The van der Waals surface area contributed by atoms with Crippen molar-refractivity contribution in [2.75, 3.05) is 0 Å². The Morgan fingerprint density at radius 3 is 1.75 bits per heavy atom. The first kappa shape index (κ1) is 19.9. The minimum atomic E-state index is 0.965. The molecule has 0 aliphatic rings. The zero-order valence-electron chi connectivity index (χ0n) is 18.4. The van der Waals surface area contributed by atoms with Crippen LogP contribution in [0.15, 0.2) is 115 Å². The average molecular weight is 414 g/mol. The molecule has 0 N–H and O–H groups in total. The lowest BCUT2D eigenvalue weighted by atomic mass is 9.97. The highest BCUT2D eigenvalue weighted by molar-refractivity contribution is 5.80. The molecule has 0 saturated carbocycles. The van der Waals surface area contributed by atoms with Gasteiger partial charge in [0.25, 0.3) is 0 Å². The number of nitrogens with zero attached hydrogens (tertiary/aromatic N) is 2. The highest BCUT2D eigenvalue weighted by atomic mass is 15.0. The molecule has 2 nitrogen and oxygen atoms in total. The first-order valence-corrected chi connectivity index (χ1v) is 10.9. The summed E-state index contributed by atoms with van der Waals surface area (Å²) in [4.78, 5) is 5.17. The first-order valence-electron chi connectivity index (χ1n) is 10.9. The topological polar surface area (TPSA) is 16.8 Å². The third kappa shape index (κ3) is 3.83. The van der Waals surface area contributed by atoms with Gasteiger partial charge in [0.2, 0.25) is 5.69 Å². The maximum absolute atomic E-state index is 5.17. The summed E-state index contributed by atoms with van der Waals surface area (Å²) in [5.74, 6) is 0. The Morgan fingerprint density at radius 2 is 1.09 bits per heavy atom. The fourth-order valence-electron chi connectivity index (χ4n) is 4.17. The van der Waals surface area contributed by atoms with Gasteiger partial charge in [0.1, 0.15) is 18.4 Å². The standard InChI is InChI=1S/C30H25N2/c1-22-11-9-10-16-27(22)30-29(31-28(21-32(30)2)25-14-7-4-8-15-25)26-19-17-24(18-20-26)23-12-5-3-6-13-23/h3-21H,1-2H3/q+1. The molecule has 0 aliphatic heterocycles. The summed E-state index contributed by atoms with van der Waals surface area (Å²) in [5, 5.41) is 0. The van der Waals surface area contributed by atoms with E-state index in [0.717, 1.165) is 28.2 Å². The molecule has 2 heteroatoms. The van der Waals surface area contributed by atoms with Crippen LogP contribution in [0.2, 0.25) is 0 Å². The molecule has 0 unspecified atom stereocenters. The van der Waals surface area contributed by atoms with Crippen molar-refractivity contribution in [2.45, 2.75) is 6.92 Å². The highest BCUT2D eigenvalue weighted by Gasteiger charge is 2.23. The third-order valence-corrected chi connectivity index (χ3v) is 5.86. The smallest absolute Gasteiger partial charge is 0.234 e. The Morgan fingerprint density at radius 1 is 0.562 bits per heavy atom. The summed E-state index contributed by atoms with van der Waals surface area (Å²) in [6, 6.07) is 38.1. The van der Waals surface area contributed by atoms with E-state index in [1.165, 1.54) is 22.3 Å². The summed E-state index contributed by atoms with van der Waals surface area (Å²) in [6.07, 6.45) is 2.12. The largest absolute Gasteiger partial charge is 0.239 e. The van der Waals surface area contributed by atoms with Gasteiger partial charge in [0.05, 0.1) is 5.56 Å². The van der Waals surface area contributed by atoms with Crippen molar-refractivity contribution >= 4 is 0 Å². The summed E-state index contributed by atoms with van der Waals surface area (Å²) in [7, 11) is 2.11. The summed E-state index contributed by atoms with van der Waals surface area (Å²) in [5.41, 5.74) is 10.2. The molecular weight excluding hydrogens is 388 g/mol. The summed E-state index contributed by atoms with van der Waals surface area (Å²) in [6.45, 7) is 2.16. The quantitative estimate of drug-likeness (QED) is 0.293. The van der Waals surface area contributed by atoms with Crippen molar-refractivity contribution in [3.8, 4) is 44.9 Å². The van der Waals surface area contributed by atoms with E-state index < -0.39 is 0 Å². The molecule has 0 spiro atoms. The Balaban J connectivity index is 1.70. The number of benzene rings is 4. The van der Waals surface area contributed by atoms with Crippen LogP contribution in [0.4, 0.5) is 0 Å². The van der Waals surface area contributed by atoms with Crippen molar-refractivity contribution in [2.24, 2.45) is 7.05 Å². The molecule has 154 valence electrons. The van der Waals surface area contributed by atoms with Gasteiger partial charge in [-0.1, -0.05) is 103 Å². The fraction of sp³-hybridized carbons (Fsp3) is 0.0667. The van der Waals surface area contributed by atoms with E-state index in [1.54, 1.807) is 0 Å². The van der Waals surface area contributed by atoms with E-state index in [-0.39, 0.29) is 0 Å². The zero-order chi connectivity index (χ0) is 21.9.